The molecule has 1 amide bonds. The predicted octanol–water partition coefficient (Wildman–Crippen LogP) is 1.15. The fraction of sp³-hybridized carbons (Fsp3) is 0.412. The molecule has 1 aliphatic rings. The van der Waals surface area contributed by atoms with Gasteiger partial charge in [-0.2, -0.15) is 0 Å². The summed E-state index contributed by atoms with van der Waals surface area (Å²) in [4.78, 5) is 32.3. The van der Waals surface area contributed by atoms with Crippen LogP contribution in [0.15, 0.2) is 40.6 Å². The van der Waals surface area contributed by atoms with Gasteiger partial charge in [0.1, 0.15) is 5.56 Å². The predicted molar refractivity (Wildman–Crippen MR) is 93.2 cm³/mol. The highest BCUT2D eigenvalue weighted by molar-refractivity contribution is 7.09. The van der Waals surface area contributed by atoms with Gasteiger partial charge in [-0.15, -0.1) is 11.3 Å². The average Bonchev–Trinajstić information content (AvgIpc) is 3.09. The van der Waals surface area contributed by atoms with Gasteiger partial charge in [0.2, 0.25) is 0 Å². The van der Waals surface area contributed by atoms with Crippen LogP contribution in [-0.4, -0.2) is 58.1 Å². The molecular weight excluding hydrogens is 326 g/mol. The molecule has 1 unspecified atom stereocenters. The fourth-order valence-electron chi connectivity index (χ4n) is 3.07. The molecule has 7 heteroatoms. The van der Waals surface area contributed by atoms with Crippen LogP contribution in [0.4, 0.5) is 0 Å². The molecule has 3 heterocycles. The van der Waals surface area contributed by atoms with Gasteiger partial charge in [0.15, 0.2) is 0 Å². The molecule has 0 aliphatic carbocycles. The van der Waals surface area contributed by atoms with Gasteiger partial charge in [0.05, 0.1) is 0 Å². The Morgan fingerprint density at radius 2 is 2.21 bits per heavy atom. The topological polar surface area (TPSA) is 76.6 Å². The van der Waals surface area contributed by atoms with E-state index in [1.165, 1.54) is 11.1 Å². The minimum Gasteiger partial charge on any atom is -0.396 e. The zero-order chi connectivity index (χ0) is 16.9. The highest BCUT2D eigenvalue weighted by Crippen LogP contribution is 2.20. The zero-order valence-electron chi connectivity index (χ0n) is 13.4. The van der Waals surface area contributed by atoms with Crippen molar-refractivity contribution < 1.29 is 9.90 Å². The van der Waals surface area contributed by atoms with Crippen molar-refractivity contribution in [2.45, 2.75) is 19.0 Å². The lowest BCUT2D eigenvalue weighted by atomic mass is 10.1. The molecule has 24 heavy (non-hydrogen) atoms. The highest BCUT2D eigenvalue weighted by Gasteiger charge is 2.30. The van der Waals surface area contributed by atoms with E-state index in [9.17, 15) is 14.7 Å². The summed E-state index contributed by atoms with van der Waals surface area (Å²) in [6, 6.07) is 7.44. The number of aliphatic hydroxyl groups excluding tert-OH is 1. The highest BCUT2D eigenvalue weighted by atomic mass is 32.1. The Balaban J connectivity index is 1.71. The van der Waals surface area contributed by atoms with E-state index in [0.717, 1.165) is 13.1 Å². The van der Waals surface area contributed by atoms with E-state index < -0.39 is 0 Å². The second-order valence-corrected chi connectivity index (χ2v) is 6.91. The lowest BCUT2D eigenvalue weighted by Gasteiger charge is -2.41. The van der Waals surface area contributed by atoms with E-state index in [2.05, 4.69) is 21.3 Å². The van der Waals surface area contributed by atoms with Crippen LogP contribution in [0.1, 0.15) is 21.7 Å². The van der Waals surface area contributed by atoms with E-state index in [1.54, 1.807) is 28.4 Å². The number of hydrogen-bond donors (Lipinski definition) is 2. The average molecular weight is 347 g/mol. The number of H-pyrrole nitrogens is 1. The largest absolute Gasteiger partial charge is 0.396 e. The van der Waals surface area contributed by atoms with Gasteiger partial charge in [-0.25, -0.2) is 0 Å². The number of nitrogens with one attached hydrogen (secondary N) is 1. The number of carbonyl (C=O) groups is 1. The van der Waals surface area contributed by atoms with Crippen molar-refractivity contribution in [3.8, 4) is 0 Å². The summed E-state index contributed by atoms with van der Waals surface area (Å²) in [5.74, 6) is -0.240. The number of piperazine rings is 1. The van der Waals surface area contributed by atoms with Crippen LogP contribution in [0, 0.1) is 0 Å². The van der Waals surface area contributed by atoms with Crippen molar-refractivity contribution in [3.63, 3.8) is 0 Å². The van der Waals surface area contributed by atoms with E-state index in [1.807, 2.05) is 6.07 Å². The van der Waals surface area contributed by atoms with Crippen molar-refractivity contribution in [2.24, 2.45) is 0 Å². The quantitative estimate of drug-likeness (QED) is 0.851. The number of carbonyl (C=O) groups excluding carboxylic acids is 1. The molecule has 1 saturated heterocycles. The molecular formula is C17H21N3O3S. The minimum absolute atomic E-state index is 0.0829. The monoisotopic (exact) mass is 347 g/mol. The third-order valence-electron chi connectivity index (χ3n) is 4.34. The van der Waals surface area contributed by atoms with E-state index >= 15 is 0 Å². The summed E-state index contributed by atoms with van der Waals surface area (Å²) >= 11 is 1.71. The zero-order valence-corrected chi connectivity index (χ0v) is 14.2. The maximum absolute atomic E-state index is 12.6. The molecule has 1 fully saturated rings. The second-order valence-electron chi connectivity index (χ2n) is 5.88. The minimum atomic E-state index is -0.359. The molecule has 1 atom stereocenters. The number of aliphatic hydroxyl groups is 1. The van der Waals surface area contributed by atoms with Gasteiger partial charge in [-0.3, -0.25) is 14.5 Å². The van der Waals surface area contributed by atoms with Crippen LogP contribution >= 0.6 is 11.3 Å². The Labute approximate surface area is 144 Å². The Morgan fingerprint density at radius 3 is 2.92 bits per heavy atom. The molecule has 6 nitrogen and oxygen atoms in total. The standard InChI is InChI=1S/C17H21N3O3S/c21-9-5-13-11-20(17(23)15-4-1-6-18-16(15)22)8-7-19(13)12-14-3-2-10-24-14/h1-4,6,10,13,21H,5,7-9,11-12H2,(H,18,22). The Morgan fingerprint density at radius 1 is 1.33 bits per heavy atom. The van der Waals surface area contributed by atoms with Crippen LogP contribution in [0.2, 0.25) is 0 Å². The second kappa shape index (κ2) is 7.74. The molecule has 128 valence electrons. The van der Waals surface area contributed by atoms with E-state index in [4.69, 9.17) is 0 Å². The summed E-state index contributed by atoms with van der Waals surface area (Å²) in [7, 11) is 0. The molecule has 3 rings (SSSR count). The van der Waals surface area contributed by atoms with Gasteiger partial charge in [-0.1, -0.05) is 6.07 Å². The van der Waals surface area contributed by atoms with Gasteiger partial charge >= 0.3 is 0 Å². The van der Waals surface area contributed by atoms with Crippen LogP contribution in [-0.2, 0) is 6.54 Å². The van der Waals surface area contributed by atoms with Crippen LogP contribution in [0.5, 0.6) is 0 Å². The molecule has 0 aromatic carbocycles. The van der Waals surface area contributed by atoms with E-state index in [-0.39, 0.29) is 29.7 Å². The maximum Gasteiger partial charge on any atom is 0.260 e. The molecule has 0 radical (unpaired) electrons. The van der Waals surface area contributed by atoms with Gasteiger partial charge in [0.25, 0.3) is 11.5 Å². The summed E-state index contributed by atoms with van der Waals surface area (Å²) in [6.07, 6.45) is 2.13. The number of pyridine rings is 1. The first-order valence-corrected chi connectivity index (χ1v) is 8.91. The normalized spacial score (nSPS) is 18.7. The first kappa shape index (κ1) is 16.9. The number of thiophene rings is 1. The van der Waals surface area contributed by atoms with Gasteiger partial charge in [0, 0.05) is 49.9 Å². The van der Waals surface area contributed by atoms with Crippen molar-refractivity contribution in [2.75, 3.05) is 26.2 Å². The Bertz CT molecular complexity index is 729. The van der Waals surface area contributed by atoms with Crippen molar-refractivity contribution in [1.29, 1.82) is 0 Å². The van der Waals surface area contributed by atoms with Gasteiger partial charge < -0.3 is 15.0 Å². The molecule has 0 spiro atoms. The SMILES string of the molecule is O=C(c1ccc[nH]c1=O)N1CCN(Cc2cccs2)C(CCO)C1. The molecule has 2 aromatic heterocycles. The number of aromatic amines is 1. The van der Waals surface area contributed by atoms with E-state index in [0.29, 0.717) is 19.5 Å². The first-order chi connectivity index (χ1) is 11.7. The van der Waals surface area contributed by atoms with Crippen molar-refractivity contribution >= 4 is 17.2 Å². The number of hydrogen-bond acceptors (Lipinski definition) is 5. The molecule has 0 saturated carbocycles. The first-order valence-electron chi connectivity index (χ1n) is 8.03. The maximum atomic E-state index is 12.6. The lowest BCUT2D eigenvalue weighted by Crippen LogP contribution is -2.55. The van der Waals surface area contributed by atoms with Crippen LogP contribution in [0.3, 0.4) is 0 Å². The van der Waals surface area contributed by atoms with Crippen molar-refractivity contribution in [3.05, 3.63) is 56.6 Å². The smallest absolute Gasteiger partial charge is 0.260 e. The third kappa shape index (κ3) is 3.75. The number of nitrogens with zero attached hydrogens (tertiary/aromatic N) is 2. The molecule has 2 aromatic rings. The summed E-state index contributed by atoms with van der Waals surface area (Å²) in [6.45, 7) is 2.76. The third-order valence-corrected chi connectivity index (χ3v) is 5.20. The van der Waals surface area contributed by atoms with Crippen LogP contribution in [0.25, 0.3) is 0 Å². The molecule has 1 aliphatic heterocycles. The number of aromatic nitrogens is 1. The summed E-state index contributed by atoms with van der Waals surface area (Å²) in [5, 5.41) is 11.4. The summed E-state index contributed by atoms with van der Waals surface area (Å²) < 4.78 is 0. The fourth-order valence-corrected chi connectivity index (χ4v) is 3.80. The Kier molecular flexibility index (Phi) is 5.44. The lowest BCUT2D eigenvalue weighted by molar-refractivity contribution is 0.0397. The van der Waals surface area contributed by atoms with Crippen molar-refractivity contribution in [1.82, 2.24) is 14.8 Å². The molecule has 0 bridgehead atoms. The number of amides is 1. The van der Waals surface area contributed by atoms with Gasteiger partial charge in [-0.05, 0) is 30.0 Å². The summed E-state index contributed by atoms with van der Waals surface area (Å²) in [5.41, 5.74) is -0.186. The Hall–Kier alpha value is -1.96. The van der Waals surface area contributed by atoms with Crippen LogP contribution < -0.4 is 5.56 Å². The number of rotatable bonds is 5. The molecule has 2 N–H and O–H groups in total.